The first kappa shape index (κ1) is 15.8. The van der Waals surface area contributed by atoms with Gasteiger partial charge in [-0.05, 0) is 12.1 Å². The van der Waals surface area contributed by atoms with Crippen molar-refractivity contribution in [1.82, 2.24) is 4.90 Å². The summed E-state index contributed by atoms with van der Waals surface area (Å²) in [5.41, 5.74) is 0.629. The molecule has 0 spiro atoms. The zero-order valence-electron chi connectivity index (χ0n) is 10.7. The van der Waals surface area contributed by atoms with Crippen molar-refractivity contribution in [1.29, 1.82) is 0 Å². The molecule has 1 fully saturated rings. The average molecular weight is 336 g/mol. The molecule has 1 atom stereocenters. The number of hydrogen-bond acceptors (Lipinski definition) is 4. The molecule has 1 aliphatic rings. The van der Waals surface area contributed by atoms with Crippen molar-refractivity contribution in [3.8, 4) is 5.75 Å². The normalized spacial score (nSPS) is 20.0. The number of nitrogens with zero attached hydrogens (tertiary/aromatic N) is 1. The van der Waals surface area contributed by atoms with Gasteiger partial charge in [0.25, 0.3) is 0 Å². The molecule has 1 saturated heterocycles. The fourth-order valence-corrected chi connectivity index (χ4v) is 3.91. The lowest BCUT2D eigenvalue weighted by molar-refractivity contribution is -0.138. The van der Waals surface area contributed by atoms with E-state index in [1.807, 2.05) is 0 Å². The van der Waals surface area contributed by atoms with Gasteiger partial charge in [-0.2, -0.15) is 11.8 Å². The fraction of sp³-hybridized carbons (Fsp3) is 0.462. The van der Waals surface area contributed by atoms with Crippen LogP contribution in [0.3, 0.4) is 0 Å². The highest BCUT2D eigenvalue weighted by molar-refractivity contribution is 7.99. The predicted octanol–water partition coefficient (Wildman–Crippen LogP) is 3.09. The van der Waals surface area contributed by atoms with Gasteiger partial charge in [-0.15, -0.1) is 0 Å². The Morgan fingerprint density at radius 1 is 1.45 bits per heavy atom. The van der Waals surface area contributed by atoms with Gasteiger partial charge in [0.05, 0.1) is 11.4 Å². The minimum absolute atomic E-state index is 0.0170. The summed E-state index contributed by atoms with van der Waals surface area (Å²) in [6.45, 7) is 1.23. The molecule has 1 aromatic carbocycles. The molecule has 0 bridgehead atoms. The summed E-state index contributed by atoms with van der Waals surface area (Å²) in [6.07, 6.45) is 0.0993. The van der Waals surface area contributed by atoms with Gasteiger partial charge in [-0.3, -0.25) is 9.69 Å². The van der Waals surface area contributed by atoms with Gasteiger partial charge < -0.3 is 10.2 Å². The number of halogens is 2. The minimum atomic E-state index is -0.809. The van der Waals surface area contributed by atoms with Crippen LogP contribution in [0.1, 0.15) is 12.0 Å². The van der Waals surface area contributed by atoms with Crippen molar-refractivity contribution in [2.75, 3.05) is 18.1 Å². The number of benzene rings is 1. The minimum Gasteiger partial charge on any atom is -0.506 e. The van der Waals surface area contributed by atoms with Crippen LogP contribution in [0.25, 0.3) is 0 Å². The zero-order chi connectivity index (χ0) is 14.7. The second-order valence-corrected chi connectivity index (χ2v) is 6.69. The predicted molar refractivity (Wildman–Crippen MR) is 81.9 cm³/mol. The van der Waals surface area contributed by atoms with Crippen LogP contribution in [0.15, 0.2) is 12.1 Å². The van der Waals surface area contributed by atoms with Crippen LogP contribution < -0.4 is 0 Å². The summed E-state index contributed by atoms with van der Waals surface area (Å²) in [5, 5.41) is 19.6. The summed E-state index contributed by atoms with van der Waals surface area (Å²) in [5.74, 6) is 0.936. The Morgan fingerprint density at radius 3 is 2.90 bits per heavy atom. The van der Waals surface area contributed by atoms with Crippen LogP contribution in [0, 0.1) is 0 Å². The largest absolute Gasteiger partial charge is 0.506 e. The second kappa shape index (κ2) is 6.89. The number of thioether (sulfide) groups is 1. The number of phenols is 1. The number of phenolic OH excluding ortho intramolecular Hbond substituents is 1. The zero-order valence-corrected chi connectivity index (χ0v) is 13.0. The lowest BCUT2D eigenvalue weighted by Crippen LogP contribution is -2.42. The molecule has 1 heterocycles. The molecular weight excluding hydrogens is 321 g/mol. The van der Waals surface area contributed by atoms with E-state index in [1.165, 1.54) is 6.07 Å². The molecule has 1 unspecified atom stereocenters. The van der Waals surface area contributed by atoms with E-state index in [1.54, 1.807) is 17.8 Å². The molecule has 2 rings (SSSR count). The maximum atomic E-state index is 10.9. The molecule has 0 aliphatic carbocycles. The quantitative estimate of drug-likeness (QED) is 0.885. The van der Waals surface area contributed by atoms with Crippen LogP contribution in [-0.4, -0.2) is 45.2 Å². The highest BCUT2D eigenvalue weighted by Gasteiger charge is 2.26. The molecule has 4 nitrogen and oxygen atoms in total. The summed E-state index contributed by atoms with van der Waals surface area (Å²) >= 11 is 13.6. The average Bonchev–Trinajstić information content (AvgIpc) is 2.37. The van der Waals surface area contributed by atoms with E-state index in [0.717, 1.165) is 18.1 Å². The molecule has 7 heteroatoms. The first-order valence-electron chi connectivity index (χ1n) is 6.18. The topological polar surface area (TPSA) is 60.8 Å². The Morgan fingerprint density at radius 2 is 2.20 bits per heavy atom. The van der Waals surface area contributed by atoms with Crippen molar-refractivity contribution in [3.05, 3.63) is 27.7 Å². The van der Waals surface area contributed by atoms with Gasteiger partial charge >= 0.3 is 5.97 Å². The van der Waals surface area contributed by atoms with Crippen LogP contribution in [0.5, 0.6) is 5.75 Å². The number of rotatable bonds is 4. The molecule has 0 saturated carbocycles. The fourth-order valence-electron chi connectivity index (χ4n) is 2.25. The van der Waals surface area contributed by atoms with Crippen LogP contribution in [0.4, 0.5) is 0 Å². The summed E-state index contributed by atoms with van der Waals surface area (Å²) in [6, 6.07) is 3.12. The SMILES string of the molecule is O=C(O)CC1CSCCN1Cc1cc(Cl)cc(Cl)c1O. The number of aromatic hydroxyl groups is 1. The summed E-state index contributed by atoms with van der Waals surface area (Å²) in [7, 11) is 0. The van der Waals surface area contributed by atoms with Gasteiger partial charge in [0.1, 0.15) is 5.75 Å². The molecule has 20 heavy (non-hydrogen) atoms. The van der Waals surface area contributed by atoms with E-state index in [0.29, 0.717) is 17.1 Å². The second-order valence-electron chi connectivity index (χ2n) is 4.69. The van der Waals surface area contributed by atoms with Gasteiger partial charge in [0.15, 0.2) is 0 Å². The first-order chi connectivity index (χ1) is 9.47. The third kappa shape index (κ3) is 3.95. The smallest absolute Gasteiger partial charge is 0.304 e. The van der Waals surface area contributed by atoms with E-state index in [4.69, 9.17) is 28.3 Å². The van der Waals surface area contributed by atoms with E-state index >= 15 is 0 Å². The summed E-state index contributed by atoms with van der Waals surface area (Å²) in [4.78, 5) is 13.0. The van der Waals surface area contributed by atoms with Crippen molar-refractivity contribution in [2.45, 2.75) is 19.0 Å². The Bertz CT molecular complexity index is 513. The number of aliphatic carboxylic acids is 1. The van der Waals surface area contributed by atoms with Gasteiger partial charge in [-0.25, -0.2) is 0 Å². The van der Waals surface area contributed by atoms with Crippen molar-refractivity contribution in [2.24, 2.45) is 0 Å². The van der Waals surface area contributed by atoms with Gasteiger partial charge in [-0.1, -0.05) is 23.2 Å². The first-order valence-corrected chi connectivity index (χ1v) is 8.09. The maximum absolute atomic E-state index is 10.9. The van der Waals surface area contributed by atoms with Crippen LogP contribution in [0.2, 0.25) is 10.0 Å². The van der Waals surface area contributed by atoms with E-state index in [9.17, 15) is 9.90 Å². The van der Waals surface area contributed by atoms with E-state index in [2.05, 4.69) is 4.90 Å². The number of hydrogen-bond donors (Lipinski definition) is 2. The summed E-state index contributed by atoms with van der Waals surface area (Å²) < 4.78 is 0. The van der Waals surface area contributed by atoms with Crippen molar-refractivity contribution >= 4 is 40.9 Å². The van der Waals surface area contributed by atoms with Crippen molar-refractivity contribution < 1.29 is 15.0 Å². The molecule has 1 aliphatic heterocycles. The number of carboxylic acids is 1. The van der Waals surface area contributed by atoms with Gasteiger partial charge in [0.2, 0.25) is 0 Å². The highest BCUT2D eigenvalue weighted by Crippen LogP contribution is 2.33. The van der Waals surface area contributed by atoms with E-state index in [-0.39, 0.29) is 23.2 Å². The van der Waals surface area contributed by atoms with Crippen LogP contribution in [-0.2, 0) is 11.3 Å². The molecular formula is C13H15Cl2NO3S. The lowest BCUT2D eigenvalue weighted by Gasteiger charge is -2.34. The monoisotopic (exact) mass is 335 g/mol. The molecule has 110 valence electrons. The maximum Gasteiger partial charge on any atom is 0.304 e. The van der Waals surface area contributed by atoms with E-state index < -0.39 is 5.97 Å². The Labute approximate surface area is 131 Å². The number of carboxylic acid groups (broad SMARTS) is 1. The van der Waals surface area contributed by atoms with Gasteiger partial charge in [0, 0.05) is 41.2 Å². The third-order valence-corrected chi connectivity index (χ3v) is 4.84. The van der Waals surface area contributed by atoms with Crippen molar-refractivity contribution in [3.63, 3.8) is 0 Å². The standard InChI is InChI=1S/C13H15Cl2NO3S/c14-9-3-8(13(19)11(15)4-9)6-16-1-2-20-7-10(16)5-12(17)18/h3-4,10,19H,1-2,5-7H2,(H,17,18). The Kier molecular flexibility index (Phi) is 5.43. The number of carbonyl (C=O) groups is 1. The molecule has 0 radical (unpaired) electrons. The Balaban J connectivity index is 2.16. The molecule has 0 amide bonds. The van der Waals surface area contributed by atoms with Crippen LogP contribution >= 0.6 is 35.0 Å². The molecule has 2 N–H and O–H groups in total. The Hall–Kier alpha value is -0.620. The molecule has 0 aromatic heterocycles. The molecule has 1 aromatic rings. The lowest BCUT2D eigenvalue weighted by atomic mass is 10.1. The highest BCUT2D eigenvalue weighted by atomic mass is 35.5. The third-order valence-electron chi connectivity index (χ3n) is 3.24.